The van der Waals surface area contributed by atoms with E-state index in [0.29, 0.717) is 5.92 Å². The Hall–Kier alpha value is -1.39. The Balaban J connectivity index is 2.59. The maximum Gasteiger partial charge on any atom is 0.291 e. The monoisotopic (exact) mass is 224 g/mol. The van der Waals surface area contributed by atoms with Crippen molar-refractivity contribution in [2.75, 3.05) is 0 Å². The largest absolute Gasteiger partial charge is 0.347 e. The number of H-pyrrole nitrogens is 1. The van der Waals surface area contributed by atoms with E-state index < -0.39 is 0 Å². The average Bonchev–Trinajstić information content (AvgIpc) is 2.66. The van der Waals surface area contributed by atoms with E-state index in [-0.39, 0.29) is 17.8 Å². The van der Waals surface area contributed by atoms with E-state index in [1.807, 2.05) is 6.92 Å². The van der Waals surface area contributed by atoms with Gasteiger partial charge in [-0.1, -0.05) is 20.8 Å². The number of nitrogens with one attached hydrogen (secondary N) is 2. The standard InChI is InChI=1S/C11H20N4O/c1-5-6-9-13-10(15-14-9)11(16)12-8(4)7(2)3/h7-8H,5-6H2,1-4H3,(H,12,16)(H,13,14,15). The molecule has 1 aromatic heterocycles. The number of carbonyl (C=O) groups excluding carboxylic acids is 1. The first kappa shape index (κ1) is 12.7. The van der Waals surface area contributed by atoms with E-state index in [0.717, 1.165) is 18.7 Å². The molecular formula is C11H20N4O. The lowest BCUT2D eigenvalue weighted by atomic mass is 10.1. The van der Waals surface area contributed by atoms with Gasteiger partial charge in [-0.3, -0.25) is 9.89 Å². The molecule has 1 atom stereocenters. The van der Waals surface area contributed by atoms with Crippen molar-refractivity contribution in [3.8, 4) is 0 Å². The van der Waals surface area contributed by atoms with Gasteiger partial charge < -0.3 is 5.32 Å². The van der Waals surface area contributed by atoms with Crippen LogP contribution in [0.3, 0.4) is 0 Å². The number of nitrogens with zero attached hydrogens (tertiary/aromatic N) is 2. The number of hydrogen-bond donors (Lipinski definition) is 2. The molecule has 16 heavy (non-hydrogen) atoms. The minimum atomic E-state index is -0.209. The minimum absolute atomic E-state index is 0.126. The van der Waals surface area contributed by atoms with Crippen LogP contribution in [-0.2, 0) is 6.42 Å². The van der Waals surface area contributed by atoms with Gasteiger partial charge in [0.15, 0.2) is 0 Å². The van der Waals surface area contributed by atoms with Crippen LogP contribution >= 0.6 is 0 Å². The van der Waals surface area contributed by atoms with E-state index in [4.69, 9.17) is 0 Å². The van der Waals surface area contributed by atoms with Gasteiger partial charge in [0.2, 0.25) is 5.82 Å². The Morgan fingerprint density at radius 2 is 2.12 bits per heavy atom. The Morgan fingerprint density at radius 3 is 2.69 bits per heavy atom. The molecule has 0 aromatic carbocycles. The summed E-state index contributed by atoms with van der Waals surface area (Å²) in [6.07, 6.45) is 1.80. The third kappa shape index (κ3) is 3.32. The number of rotatable bonds is 5. The second-order valence-electron chi connectivity index (χ2n) is 4.36. The van der Waals surface area contributed by atoms with Crippen LogP contribution in [0.25, 0.3) is 0 Å². The Kier molecular flexibility index (Phi) is 4.46. The molecule has 1 rings (SSSR count). The van der Waals surface area contributed by atoms with Crippen LogP contribution in [0, 0.1) is 5.92 Å². The molecule has 90 valence electrons. The molecule has 0 saturated carbocycles. The topological polar surface area (TPSA) is 70.7 Å². The molecule has 1 amide bonds. The number of carbonyl (C=O) groups is 1. The van der Waals surface area contributed by atoms with Gasteiger partial charge in [-0.05, 0) is 19.3 Å². The summed E-state index contributed by atoms with van der Waals surface area (Å²) in [5.41, 5.74) is 0. The molecule has 1 unspecified atom stereocenters. The van der Waals surface area contributed by atoms with Crippen molar-refractivity contribution in [3.05, 3.63) is 11.6 Å². The van der Waals surface area contributed by atoms with E-state index in [9.17, 15) is 4.79 Å². The normalized spacial score (nSPS) is 12.8. The fourth-order valence-electron chi connectivity index (χ4n) is 1.18. The van der Waals surface area contributed by atoms with Gasteiger partial charge >= 0.3 is 0 Å². The molecule has 0 fully saturated rings. The van der Waals surface area contributed by atoms with Crippen molar-refractivity contribution in [3.63, 3.8) is 0 Å². The second-order valence-corrected chi connectivity index (χ2v) is 4.36. The molecule has 0 aliphatic carbocycles. The quantitative estimate of drug-likeness (QED) is 0.796. The maximum absolute atomic E-state index is 11.7. The van der Waals surface area contributed by atoms with E-state index >= 15 is 0 Å². The summed E-state index contributed by atoms with van der Waals surface area (Å²) in [6.45, 7) is 8.15. The molecule has 0 aliphatic heterocycles. The number of aromatic nitrogens is 3. The SMILES string of the molecule is CCCc1nc(C(=O)NC(C)C(C)C)n[nH]1. The summed E-state index contributed by atoms with van der Waals surface area (Å²) in [5, 5.41) is 9.53. The molecule has 0 aliphatic rings. The fourth-order valence-corrected chi connectivity index (χ4v) is 1.18. The van der Waals surface area contributed by atoms with Crippen LogP contribution in [0.4, 0.5) is 0 Å². The van der Waals surface area contributed by atoms with Crippen molar-refractivity contribution in [1.29, 1.82) is 0 Å². The summed E-state index contributed by atoms with van der Waals surface area (Å²) >= 11 is 0. The van der Waals surface area contributed by atoms with Gasteiger partial charge in [0.25, 0.3) is 5.91 Å². The van der Waals surface area contributed by atoms with Crippen molar-refractivity contribution in [2.45, 2.75) is 46.6 Å². The average molecular weight is 224 g/mol. The van der Waals surface area contributed by atoms with Gasteiger partial charge in [0.05, 0.1) is 0 Å². The zero-order chi connectivity index (χ0) is 12.1. The summed E-state index contributed by atoms with van der Waals surface area (Å²) in [6, 6.07) is 0.126. The maximum atomic E-state index is 11.7. The highest BCUT2D eigenvalue weighted by molar-refractivity contribution is 5.90. The van der Waals surface area contributed by atoms with Crippen LogP contribution in [0.5, 0.6) is 0 Å². The summed E-state index contributed by atoms with van der Waals surface area (Å²) in [7, 11) is 0. The zero-order valence-corrected chi connectivity index (χ0v) is 10.4. The summed E-state index contributed by atoms with van der Waals surface area (Å²) in [4.78, 5) is 15.9. The first-order chi connectivity index (χ1) is 7.54. The van der Waals surface area contributed by atoms with Crippen LogP contribution in [0.1, 0.15) is 50.6 Å². The zero-order valence-electron chi connectivity index (χ0n) is 10.4. The third-order valence-corrected chi connectivity index (χ3v) is 2.58. The van der Waals surface area contributed by atoms with E-state index in [1.165, 1.54) is 0 Å². The van der Waals surface area contributed by atoms with Crippen LogP contribution in [0.2, 0.25) is 0 Å². The van der Waals surface area contributed by atoms with E-state index in [1.54, 1.807) is 0 Å². The fraction of sp³-hybridized carbons (Fsp3) is 0.727. The van der Waals surface area contributed by atoms with Crippen LogP contribution in [0.15, 0.2) is 0 Å². The molecule has 0 spiro atoms. The molecule has 0 bridgehead atoms. The highest BCUT2D eigenvalue weighted by atomic mass is 16.2. The third-order valence-electron chi connectivity index (χ3n) is 2.58. The summed E-state index contributed by atoms with van der Waals surface area (Å²) < 4.78 is 0. The predicted octanol–water partition coefficient (Wildman–Crippen LogP) is 1.53. The molecule has 0 radical (unpaired) electrons. The van der Waals surface area contributed by atoms with Gasteiger partial charge in [0, 0.05) is 12.5 Å². The van der Waals surface area contributed by atoms with Crippen molar-refractivity contribution in [1.82, 2.24) is 20.5 Å². The van der Waals surface area contributed by atoms with Crippen molar-refractivity contribution < 1.29 is 4.79 Å². The van der Waals surface area contributed by atoms with Crippen LogP contribution < -0.4 is 5.32 Å². The highest BCUT2D eigenvalue weighted by Crippen LogP contribution is 2.02. The molecular weight excluding hydrogens is 204 g/mol. The molecule has 0 saturated heterocycles. The lowest BCUT2D eigenvalue weighted by Crippen LogP contribution is -2.36. The van der Waals surface area contributed by atoms with Crippen molar-refractivity contribution in [2.24, 2.45) is 5.92 Å². The van der Waals surface area contributed by atoms with Gasteiger partial charge in [0.1, 0.15) is 5.82 Å². The lowest BCUT2D eigenvalue weighted by Gasteiger charge is -2.15. The molecule has 1 aromatic rings. The summed E-state index contributed by atoms with van der Waals surface area (Å²) in [5.74, 6) is 1.19. The van der Waals surface area contributed by atoms with Gasteiger partial charge in [-0.2, -0.15) is 0 Å². The number of aromatic amines is 1. The highest BCUT2D eigenvalue weighted by Gasteiger charge is 2.16. The molecule has 5 heteroatoms. The first-order valence-electron chi connectivity index (χ1n) is 5.76. The Labute approximate surface area is 96.0 Å². The van der Waals surface area contributed by atoms with Crippen LogP contribution in [-0.4, -0.2) is 27.1 Å². The minimum Gasteiger partial charge on any atom is -0.347 e. The Bertz CT molecular complexity index is 346. The number of aryl methyl sites for hydroxylation is 1. The lowest BCUT2D eigenvalue weighted by molar-refractivity contribution is 0.0920. The second kappa shape index (κ2) is 5.63. The first-order valence-corrected chi connectivity index (χ1v) is 5.76. The van der Waals surface area contributed by atoms with Gasteiger partial charge in [-0.15, -0.1) is 5.10 Å². The number of hydrogen-bond acceptors (Lipinski definition) is 3. The molecule has 5 nitrogen and oxygen atoms in total. The van der Waals surface area contributed by atoms with Crippen molar-refractivity contribution >= 4 is 5.91 Å². The smallest absolute Gasteiger partial charge is 0.291 e. The van der Waals surface area contributed by atoms with E-state index in [2.05, 4.69) is 41.3 Å². The number of amides is 1. The molecule has 2 N–H and O–H groups in total. The Morgan fingerprint density at radius 1 is 1.44 bits per heavy atom. The predicted molar refractivity (Wildman–Crippen MR) is 62.1 cm³/mol. The van der Waals surface area contributed by atoms with Gasteiger partial charge in [-0.25, -0.2) is 4.98 Å². The molecule has 1 heterocycles.